The highest BCUT2D eigenvalue weighted by Gasteiger charge is 2.52. The van der Waals surface area contributed by atoms with Gasteiger partial charge < -0.3 is 5.32 Å². The molecule has 1 amide bonds. The molecule has 0 saturated heterocycles. The summed E-state index contributed by atoms with van der Waals surface area (Å²) < 4.78 is 0. The number of carbonyl (C=O) groups excluding carboxylic acids is 1. The van der Waals surface area contributed by atoms with Crippen molar-refractivity contribution in [2.45, 2.75) is 78.1 Å². The lowest BCUT2D eigenvalue weighted by Crippen LogP contribution is -2.53. The summed E-state index contributed by atoms with van der Waals surface area (Å²) in [5, 5.41) is 14.8. The van der Waals surface area contributed by atoms with E-state index in [9.17, 15) is 14.9 Å². The van der Waals surface area contributed by atoms with E-state index in [-0.39, 0.29) is 33.3 Å². The average Bonchev–Trinajstić information content (AvgIpc) is 2.58. The number of hydrogen-bond acceptors (Lipinski definition) is 3. The summed E-state index contributed by atoms with van der Waals surface area (Å²) in [6.07, 6.45) is 5.27. The Labute approximate surface area is 162 Å². The molecular formula is C22H32N2O3. The molecule has 0 spiro atoms. The van der Waals surface area contributed by atoms with Gasteiger partial charge in [-0.2, -0.15) is 0 Å². The second kappa shape index (κ2) is 6.92. The zero-order valence-corrected chi connectivity index (χ0v) is 17.2. The van der Waals surface area contributed by atoms with E-state index in [4.69, 9.17) is 0 Å². The molecule has 27 heavy (non-hydrogen) atoms. The van der Waals surface area contributed by atoms with Crippen molar-refractivity contribution in [3.05, 3.63) is 38.9 Å². The Morgan fingerprint density at radius 1 is 1.33 bits per heavy atom. The Hall–Kier alpha value is -1.91. The third kappa shape index (κ3) is 3.37. The molecule has 0 radical (unpaired) electrons. The fraction of sp³-hybridized carbons (Fsp3) is 0.682. The zero-order chi connectivity index (χ0) is 20.0. The largest absolute Gasteiger partial charge is 0.356 e. The summed E-state index contributed by atoms with van der Waals surface area (Å²) in [6, 6.07) is 3.97. The smallest absolute Gasteiger partial charge is 0.273 e. The molecule has 1 saturated carbocycles. The van der Waals surface area contributed by atoms with Gasteiger partial charge in [-0.3, -0.25) is 14.9 Å². The number of aryl methyl sites for hydroxylation is 1. The van der Waals surface area contributed by atoms with E-state index >= 15 is 0 Å². The Kier molecular flexibility index (Phi) is 5.08. The molecule has 148 valence electrons. The number of carbonyl (C=O) groups is 1. The lowest BCUT2D eigenvalue weighted by atomic mass is 9.49. The molecule has 0 aromatic heterocycles. The van der Waals surface area contributed by atoms with Gasteiger partial charge in [0.2, 0.25) is 5.91 Å². The molecule has 1 fully saturated rings. The first-order valence-corrected chi connectivity index (χ1v) is 10.1. The van der Waals surface area contributed by atoms with Crippen molar-refractivity contribution < 1.29 is 9.72 Å². The zero-order valence-electron chi connectivity index (χ0n) is 17.2. The number of nitrogens with one attached hydrogen (secondary N) is 1. The van der Waals surface area contributed by atoms with Crippen LogP contribution in [0.3, 0.4) is 0 Å². The number of rotatable bonds is 4. The first-order chi connectivity index (χ1) is 12.6. The van der Waals surface area contributed by atoms with Crippen molar-refractivity contribution in [2.75, 3.05) is 6.54 Å². The normalized spacial score (nSPS) is 29.8. The van der Waals surface area contributed by atoms with E-state index in [2.05, 4.69) is 25.2 Å². The molecule has 5 heteroatoms. The maximum absolute atomic E-state index is 11.7. The highest BCUT2D eigenvalue weighted by Crippen LogP contribution is 2.57. The third-order valence-corrected chi connectivity index (χ3v) is 7.18. The van der Waals surface area contributed by atoms with E-state index in [1.165, 1.54) is 11.1 Å². The van der Waals surface area contributed by atoms with E-state index in [1.807, 2.05) is 19.9 Å². The molecule has 5 nitrogen and oxygen atoms in total. The topological polar surface area (TPSA) is 72.2 Å². The molecule has 2 aliphatic carbocycles. The van der Waals surface area contributed by atoms with Gasteiger partial charge in [0.1, 0.15) is 0 Å². The van der Waals surface area contributed by atoms with Gasteiger partial charge in [0, 0.05) is 25.1 Å². The number of fused-ring (bicyclic) bond motifs is 3. The van der Waals surface area contributed by atoms with E-state index in [0.29, 0.717) is 12.5 Å². The molecule has 1 aromatic rings. The van der Waals surface area contributed by atoms with Crippen LogP contribution in [0, 0.1) is 21.4 Å². The predicted octanol–water partition coefficient (Wildman–Crippen LogP) is 4.86. The third-order valence-electron chi connectivity index (χ3n) is 7.18. The molecule has 2 aliphatic rings. The van der Waals surface area contributed by atoms with Gasteiger partial charge in [-0.05, 0) is 65.5 Å². The van der Waals surface area contributed by atoms with Gasteiger partial charge in [-0.25, -0.2) is 0 Å². The summed E-state index contributed by atoms with van der Waals surface area (Å²) in [4.78, 5) is 23.0. The molecule has 0 aliphatic heterocycles. The standard InChI is InChI=1S/C22H32N2O3/c1-14(2)17-11-16-7-8-20-21(4,13-23-15(3)25)9-6-10-22(20,5)18(16)12-19(17)24(26)27/h11-12,14,20H,6-10,13H2,1-5H3,(H,23,25). The van der Waals surface area contributed by atoms with Gasteiger partial charge in [0.15, 0.2) is 0 Å². The molecule has 3 atom stereocenters. The second-order valence-corrected chi connectivity index (χ2v) is 9.41. The summed E-state index contributed by atoms with van der Waals surface area (Å²) in [6.45, 7) is 10.9. The van der Waals surface area contributed by atoms with Crippen LogP contribution in [0.4, 0.5) is 5.69 Å². The van der Waals surface area contributed by atoms with E-state index in [1.54, 1.807) is 6.92 Å². The van der Waals surface area contributed by atoms with Crippen LogP contribution >= 0.6 is 0 Å². The fourth-order valence-electron chi connectivity index (χ4n) is 5.82. The first kappa shape index (κ1) is 19.8. The maximum Gasteiger partial charge on any atom is 0.273 e. The van der Waals surface area contributed by atoms with Crippen LogP contribution in [0.1, 0.15) is 82.9 Å². The first-order valence-electron chi connectivity index (χ1n) is 10.1. The lowest BCUT2D eigenvalue weighted by Gasteiger charge is -2.55. The predicted molar refractivity (Wildman–Crippen MR) is 107 cm³/mol. The molecular weight excluding hydrogens is 340 g/mol. The van der Waals surface area contributed by atoms with Crippen molar-refractivity contribution in [1.29, 1.82) is 0 Å². The molecule has 3 unspecified atom stereocenters. The van der Waals surface area contributed by atoms with Crippen LogP contribution in [-0.2, 0) is 16.6 Å². The minimum atomic E-state index is -0.220. The lowest BCUT2D eigenvalue weighted by molar-refractivity contribution is -0.385. The van der Waals surface area contributed by atoms with Crippen molar-refractivity contribution in [1.82, 2.24) is 5.32 Å². The fourth-order valence-corrected chi connectivity index (χ4v) is 5.82. The van der Waals surface area contributed by atoms with Crippen LogP contribution in [0.25, 0.3) is 0 Å². The minimum Gasteiger partial charge on any atom is -0.356 e. The van der Waals surface area contributed by atoms with Crippen molar-refractivity contribution >= 4 is 11.6 Å². The molecule has 0 heterocycles. The van der Waals surface area contributed by atoms with Gasteiger partial charge in [0.05, 0.1) is 4.92 Å². The van der Waals surface area contributed by atoms with Crippen LogP contribution in [0.2, 0.25) is 0 Å². The van der Waals surface area contributed by atoms with E-state index < -0.39 is 0 Å². The monoisotopic (exact) mass is 372 g/mol. The number of nitrogens with zero attached hydrogens (tertiary/aromatic N) is 1. The Morgan fingerprint density at radius 2 is 2.04 bits per heavy atom. The number of amides is 1. The summed E-state index contributed by atoms with van der Waals surface area (Å²) >= 11 is 0. The number of nitro groups is 1. The average molecular weight is 373 g/mol. The molecule has 1 N–H and O–H groups in total. The maximum atomic E-state index is 11.7. The molecule has 1 aromatic carbocycles. The summed E-state index contributed by atoms with van der Waals surface area (Å²) in [5.74, 6) is 0.567. The van der Waals surface area contributed by atoms with Crippen LogP contribution in [-0.4, -0.2) is 17.4 Å². The van der Waals surface area contributed by atoms with Crippen LogP contribution in [0.5, 0.6) is 0 Å². The minimum absolute atomic E-state index is 0.0110. The quantitative estimate of drug-likeness (QED) is 0.606. The number of nitro benzene ring substituents is 1. The summed E-state index contributed by atoms with van der Waals surface area (Å²) in [5.41, 5.74) is 3.52. The molecule has 0 bridgehead atoms. The second-order valence-electron chi connectivity index (χ2n) is 9.41. The van der Waals surface area contributed by atoms with Gasteiger partial charge >= 0.3 is 0 Å². The van der Waals surface area contributed by atoms with Crippen LogP contribution < -0.4 is 5.32 Å². The van der Waals surface area contributed by atoms with Crippen molar-refractivity contribution in [3.8, 4) is 0 Å². The van der Waals surface area contributed by atoms with Gasteiger partial charge in [0.25, 0.3) is 5.69 Å². The SMILES string of the molecule is CC(=O)NCC1(C)CCCC2(C)c3cc([N+](=O)[O-])c(C(C)C)cc3CCC12. The highest BCUT2D eigenvalue weighted by molar-refractivity contribution is 5.72. The Morgan fingerprint density at radius 3 is 2.63 bits per heavy atom. The summed E-state index contributed by atoms with van der Waals surface area (Å²) in [7, 11) is 0. The Bertz CT molecular complexity index is 773. The van der Waals surface area contributed by atoms with Crippen LogP contribution in [0.15, 0.2) is 12.1 Å². The Balaban J connectivity index is 2.07. The van der Waals surface area contributed by atoms with Gasteiger partial charge in [-0.1, -0.05) is 34.1 Å². The number of benzene rings is 1. The van der Waals surface area contributed by atoms with E-state index in [0.717, 1.165) is 37.7 Å². The van der Waals surface area contributed by atoms with Crippen molar-refractivity contribution in [3.63, 3.8) is 0 Å². The van der Waals surface area contributed by atoms with Crippen molar-refractivity contribution in [2.24, 2.45) is 11.3 Å². The number of hydrogen-bond donors (Lipinski definition) is 1. The highest BCUT2D eigenvalue weighted by atomic mass is 16.6. The molecule has 3 rings (SSSR count). The van der Waals surface area contributed by atoms with Gasteiger partial charge in [-0.15, -0.1) is 0 Å².